The molecule has 4 nitrogen and oxygen atoms in total. The van der Waals surface area contributed by atoms with Crippen molar-refractivity contribution < 1.29 is 13.2 Å². The van der Waals surface area contributed by atoms with Gasteiger partial charge in [0.05, 0.1) is 15.5 Å². The number of aryl methyl sites for hydroxylation is 2. The number of benzene rings is 2. The van der Waals surface area contributed by atoms with Gasteiger partial charge in [-0.15, -0.1) is 11.3 Å². The third-order valence-corrected chi connectivity index (χ3v) is 6.35. The van der Waals surface area contributed by atoms with Crippen LogP contribution >= 0.6 is 11.3 Å². The number of carbonyl (C=O) groups excluding carboxylic acids is 1. The standard InChI is InChI=1S/C19H17NO3S2/c1-14-10-11-15(2)17(13-14)20(19(21)18-9-6-12-24-18)25(22,23)16-7-4-3-5-8-16/h3-13H,1-2H3. The van der Waals surface area contributed by atoms with Gasteiger partial charge in [0.25, 0.3) is 15.9 Å². The number of hydrogen-bond donors (Lipinski definition) is 0. The summed E-state index contributed by atoms with van der Waals surface area (Å²) in [6.45, 7) is 3.66. The molecular formula is C19H17NO3S2. The van der Waals surface area contributed by atoms with Gasteiger partial charge in [-0.25, -0.2) is 8.42 Å². The Morgan fingerprint density at radius 1 is 0.960 bits per heavy atom. The van der Waals surface area contributed by atoms with Crippen LogP contribution in [0.2, 0.25) is 0 Å². The van der Waals surface area contributed by atoms with E-state index in [0.717, 1.165) is 15.4 Å². The van der Waals surface area contributed by atoms with Crippen molar-refractivity contribution in [2.24, 2.45) is 0 Å². The number of thiophene rings is 1. The molecule has 0 aliphatic carbocycles. The minimum atomic E-state index is -4.03. The lowest BCUT2D eigenvalue weighted by atomic mass is 10.1. The SMILES string of the molecule is Cc1ccc(C)c(N(C(=O)c2cccs2)S(=O)(=O)c2ccccc2)c1. The third-order valence-electron chi connectivity index (χ3n) is 3.78. The molecule has 0 spiro atoms. The summed E-state index contributed by atoms with van der Waals surface area (Å²) in [4.78, 5) is 13.5. The van der Waals surface area contributed by atoms with Gasteiger partial charge in [0.2, 0.25) is 0 Å². The molecule has 1 heterocycles. The Balaban J connectivity index is 2.23. The maximum absolute atomic E-state index is 13.2. The van der Waals surface area contributed by atoms with E-state index in [1.165, 1.54) is 23.5 Å². The molecule has 25 heavy (non-hydrogen) atoms. The minimum Gasteiger partial charge on any atom is -0.267 e. The molecule has 0 aliphatic rings. The van der Waals surface area contributed by atoms with E-state index in [0.29, 0.717) is 10.6 Å². The van der Waals surface area contributed by atoms with Crippen LogP contribution in [0.25, 0.3) is 0 Å². The third kappa shape index (κ3) is 3.36. The van der Waals surface area contributed by atoms with Crippen molar-refractivity contribution in [1.82, 2.24) is 0 Å². The van der Waals surface area contributed by atoms with E-state index >= 15 is 0 Å². The molecule has 0 bridgehead atoms. The molecule has 0 saturated carbocycles. The summed E-state index contributed by atoms with van der Waals surface area (Å²) in [6.07, 6.45) is 0. The van der Waals surface area contributed by atoms with Crippen LogP contribution in [0, 0.1) is 13.8 Å². The van der Waals surface area contributed by atoms with Gasteiger partial charge in [0.1, 0.15) is 0 Å². The van der Waals surface area contributed by atoms with Gasteiger partial charge in [-0.2, -0.15) is 4.31 Å². The number of carbonyl (C=O) groups is 1. The predicted octanol–water partition coefficient (Wildman–Crippen LogP) is 4.40. The summed E-state index contributed by atoms with van der Waals surface area (Å²) < 4.78 is 27.4. The molecule has 128 valence electrons. The van der Waals surface area contributed by atoms with Gasteiger partial charge in [0, 0.05) is 0 Å². The van der Waals surface area contributed by atoms with Gasteiger partial charge in [0.15, 0.2) is 0 Å². The van der Waals surface area contributed by atoms with Crippen LogP contribution in [0.4, 0.5) is 5.69 Å². The summed E-state index contributed by atoms with van der Waals surface area (Å²) in [5.41, 5.74) is 1.98. The summed E-state index contributed by atoms with van der Waals surface area (Å²) >= 11 is 1.22. The zero-order chi connectivity index (χ0) is 18.0. The Labute approximate surface area is 151 Å². The average molecular weight is 371 g/mol. The second-order valence-electron chi connectivity index (χ2n) is 5.65. The zero-order valence-electron chi connectivity index (χ0n) is 13.8. The predicted molar refractivity (Wildman–Crippen MR) is 101 cm³/mol. The molecule has 1 aromatic heterocycles. The van der Waals surface area contributed by atoms with E-state index in [4.69, 9.17) is 0 Å². The lowest BCUT2D eigenvalue weighted by molar-refractivity contribution is 0.101. The molecule has 0 N–H and O–H groups in total. The zero-order valence-corrected chi connectivity index (χ0v) is 15.5. The van der Waals surface area contributed by atoms with Crippen LogP contribution in [0.3, 0.4) is 0 Å². The van der Waals surface area contributed by atoms with Crippen molar-refractivity contribution in [1.29, 1.82) is 0 Å². The first kappa shape index (κ1) is 17.4. The first-order valence-electron chi connectivity index (χ1n) is 7.67. The van der Waals surface area contributed by atoms with Crippen LogP contribution in [0.1, 0.15) is 20.8 Å². The summed E-state index contributed by atoms with van der Waals surface area (Å²) in [5, 5.41) is 1.75. The largest absolute Gasteiger partial charge is 0.282 e. The first-order valence-corrected chi connectivity index (χ1v) is 9.98. The van der Waals surface area contributed by atoms with E-state index in [2.05, 4.69) is 0 Å². The number of rotatable bonds is 4. The van der Waals surface area contributed by atoms with Gasteiger partial charge >= 0.3 is 0 Å². The summed E-state index contributed by atoms with van der Waals surface area (Å²) in [6, 6.07) is 16.8. The molecule has 3 aromatic rings. The van der Waals surface area contributed by atoms with Gasteiger partial charge in [-0.1, -0.05) is 36.4 Å². The monoisotopic (exact) mass is 371 g/mol. The molecule has 0 radical (unpaired) electrons. The number of sulfonamides is 1. The van der Waals surface area contributed by atoms with Crippen molar-refractivity contribution in [2.75, 3.05) is 4.31 Å². The van der Waals surface area contributed by atoms with E-state index < -0.39 is 15.9 Å². The molecule has 0 fully saturated rings. The molecule has 2 aromatic carbocycles. The molecule has 3 rings (SSSR count). The van der Waals surface area contributed by atoms with E-state index in [-0.39, 0.29) is 4.90 Å². The van der Waals surface area contributed by atoms with Crippen LogP contribution in [-0.4, -0.2) is 14.3 Å². The smallest absolute Gasteiger partial charge is 0.267 e. The maximum atomic E-state index is 13.2. The van der Waals surface area contributed by atoms with Crippen LogP contribution < -0.4 is 4.31 Å². The Morgan fingerprint density at radius 2 is 1.68 bits per heavy atom. The van der Waals surface area contributed by atoms with Crippen molar-refractivity contribution in [3.63, 3.8) is 0 Å². The van der Waals surface area contributed by atoms with Gasteiger partial charge in [-0.3, -0.25) is 4.79 Å². The van der Waals surface area contributed by atoms with Crippen molar-refractivity contribution in [3.8, 4) is 0 Å². The number of amides is 1. The second-order valence-corrected chi connectivity index (χ2v) is 8.39. The van der Waals surface area contributed by atoms with Crippen LogP contribution in [0.5, 0.6) is 0 Å². The number of hydrogen-bond acceptors (Lipinski definition) is 4. The topological polar surface area (TPSA) is 54.5 Å². The van der Waals surface area contributed by atoms with Gasteiger partial charge < -0.3 is 0 Å². The molecule has 6 heteroatoms. The second kappa shape index (κ2) is 6.82. The Kier molecular flexibility index (Phi) is 4.74. The molecule has 1 amide bonds. The molecule has 0 saturated heterocycles. The Bertz CT molecular complexity index is 994. The van der Waals surface area contributed by atoms with Gasteiger partial charge in [-0.05, 0) is 54.6 Å². The Hall–Kier alpha value is -2.44. The number of anilines is 1. The maximum Gasteiger partial charge on any atom is 0.282 e. The Morgan fingerprint density at radius 3 is 2.32 bits per heavy atom. The van der Waals surface area contributed by atoms with Crippen molar-refractivity contribution in [2.45, 2.75) is 18.7 Å². The fraction of sp³-hybridized carbons (Fsp3) is 0.105. The summed E-state index contributed by atoms with van der Waals surface area (Å²) in [7, 11) is -4.03. The van der Waals surface area contributed by atoms with Crippen molar-refractivity contribution in [3.05, 3.63) is 82.0 Å². The highest BCUT2D eigenvalue weighted by Gasteiger charge is 2.33. The number of nitrogens with zero attached hydrogens (tertiary/aromatic N) is 1. The summed E-state index contributed by atoms with van der Waals surface area (Å²) in [5.74, 6) is -0.549. The molecule has 0 unspecified atom stereocenters. The fourth-order valence-corrected chi connectivity index (χ4v) is 4.68. The normalized spacial score (nSPS) is 11.3. The highest BCUT2D eigenvalue weighted by atomic mass is 32.2. The highest BCUT2D eigenvalue weighted by molar-refractivity contribution is 7.93. The quantitative estimate of drug-likeness (QED) is 0.683. The minimum absolute atomic E-state index is 0.0841. The molecular weight excluding hydrogens is 354 g/mol. The van der Waals surface area contributed by atoms with E-state index in [9.17, 15) is 13.2 Å². The first-order chi connectivity index (χ1) is 11.9. The van der Waals surface area contributed by atoms with Crippen LogP contribution in [0.15, 0.2) is 70.9 Å². The average Bonchev–Trinajstić information content (AvgIpc) is 3.13. The molecule has 0 atom stereocenters. The lowest BCUT2D eigenvalue weighted by Gasteiger charge is -2.24. The van der Waals surface area contributed by atoms with Crippen molar-refractivity contribution >= 4 is 33.0 Å². The lowest BCUT2D eigenvalue weighted by Crippen LogP contribution is -2.37. The van der Waals surface area contributed by atoms with Crippen LogP contribution in [-0.2, 0) is 10.0 Å². The van der Waals surface area contributed by atoms with E-state index in [1.807, 2.05) is 19.1 Å². The fourth-order valence-electron chi connectivity index (χ4n) is 2.48. The van der Waals surface area contributed by atoms with E-state index in [1.54, 1.807) is 48.7 Å². The highest BCUT2D eigenvalue weighted by Crippen LogP contribution is 2.30. The molecule has 0 aliphatic heterocycles.